The summed E-state index contributed by atoms with van der Waals surface area (Å²) in [4.78, 5) is 59.3. The first-order valence-electron chi connectivity index (χ1n) is 16.2. The monoisotopic (exact) mass is 661 g/mol. The fraction of sp³-hybridized carbons (Fsp3) is 0.143. The van der Waals surface area contributed by atoms with E-state index < -0.39 is 40.4 Å². The number of hydrogen-bond acceptors (Lipinski definition) is 6. The van der Waals surface area contributed by atoms with E-state index in [1.807, 2.05) is 109 Å². The SMILES string of the molecule is COc1ccc(C2=C(c3ccc(OC)cc3)[C@@]3(c4ccccc4)C(=O)[C@@]2(c2ccccc2)[C@H]2C(=O)N(c4cccc(C(=O)O)c4)C(=O)[C@@H]23)cc1. The predicted molar refractivity (Wildman–Crippen MR) is 187 cm³/mol. The molecule has 1 heterocycles. The number of Topliss-reactive ketones (excluding diaryl/α,β-unsaturated/α-hetero) is 1. The number of imide groups is 1. The van der Waals surface area contributed by atoms with Crippen molar-refractivity contribution < 1.29 is 33.8 Å². The first kappa shape index (κ1) is 31.0. The van der Waals surface area contributed by atoms with Crippen LogP contribution in [0.25, 0.3) is 11.1 Å². The van der Waals surface area contributed by atoms with Gasteiger partial charge in [0, 0.05) is 0 Å². The minimum absolute atomic E-state index is 0.0641. The van der Waals surface area contributed by atoms with Crippen molar-refractivity contribution in [2.75, 3.05) is 19.1 Å². The van der Waals surface area contributed by atoms with Crippen molar-refractivity contribution in [2.45, 2.75) is 10.8 Å². The molecule has 0 aromatic heterocycles. The summed E-state index contributed by atoms with van der Waals surface area (Å²) in [5.74, 6) is -3.60. The molecular weight excluding hydrogens is 630 g/mol. The molecular formula is C42H31NO7. The van der Waals surface area contributed by atoms with Crippen LogP contribution in [0.15, 0.2) is 133 Å². The van der Waals surface area contributed by atoms with Crippen molar-refractivity contribution in [1.29, 1.82) is 0 Å². The van der Waals surface area contributed by atoms with Gasteiger partial charge in [-0.1, -0.05) is 91.0 Å². The second-order valence-corrected chi connectivity index (χ2v) is 12.7. The normalized spacial score (nSPS) is 23.7. The number of carboxylic acids is 1. The number of ketones is 1. The molecule has 5 aromatic carbocycles. The molecule has 50 heavy (non-hydrogen) atoms. The molecule has 3 aliphatic rings. The number of hydrogen-bond donors (Lipinski definition) is 1. The third kappa shape index (κ3) is 3.99. The predicted octanol–water partition coefficient (Wildman–Crippen LogP) is 6.59. The molecule has 2 amide bonds. The van der Waals surface area contributed by atoms with Gasteiger partial charge in [0.2, 0.25) is 11.8 Å². The van der Waals surface area contributed by atoms with Gasteiger partial charge in [-0.3, -0.25) is 14.4 Å². The van der Waals surface area contributed by atoms with E-state index in [9.17, 15) is 9.90 Å². The first-order valence-corrected chi connectivity index (χ1v) is 16.2. The van der Waals surface area contributed by atoms with E-state index in [1.165, 1.54) is 18.2 Å². The number of ether oxygens (including phenoxy) is 2. The Morgan fingerprint density at radius 3 is 1.44 bits per heavy atom. The van der Waals surface area contributed by atoms with Crippen molar-refractivity contribution in [3.8, 4) is 11.5 Å². The van der Waals surface area contributed by atoms with E-state index in [1.54, 1.807) is 20.3 Å². The highest BCUT2D eigenvalue weighted by atomic mass is 16.5. The Kier molecular flexibility index (Phi) is 7.08. The van der Waals surface area contributed by atoms with Gasteiger partial charge in [-0.25, -0.2) is 9.69 Å². The number of carbonyl (C=O) groups is 4. The average molecular weight is 662 g/mol. The largest absolute Gasteiger partial charge is 0.497 e. The topological polar surface area (TPSA) is 110 Å². The number of carboxylic acid groups (broad SMARTS) is 1. The van der Waals surface area contributed by atoms with E-state index in [0.29, 0.717) is 44.9 Å². The highest BCUT2D eigenvalue weighted by Gasteiger charge is 2.82. The van der Waals surface area contributed by atoms with Gasteiger partial charge in [-0.05, 0) is 75.9 Å². The van der Waals surface area contributed by atoms with E-state index in [4.69, 9.17) is 9.47 Å². The first-order chi connectivity index (χ1) is 24.3. The summed E-state index contributed by atoms with van der Waals surface area (Å²) in [7, 11) is 3.16. The maximum Gasteiger partial charge on any atom is 0.335 e. The van der Waals surface area contributed by atoms with Gasteiger partial charge in [0.25, 0.3) is 0 Å². The van der Waals surface area contributed by atoms with E-state index in [0.717, 1.165) is 4.90 Å². The van der Waals surface area contributed by atoms with Crippen LogP contribution in [-0.4, -0.2) is 42.9 Å². The second kappa shape index (κ2) is 11.4. The lowest BCUT2D eigenvalue weighted by Gasteiger charge is -2.39. The highest BCUT2D eigenvalue weighted by Crippen LogP contribution is 2.74. The van der Waals surface area contributed by atoms with Crippen LogP contribution in [0, 0.1) is 11.8 Å². The molecule has 8 nitrogen and oxygen atoms in total. The Bertz CT molecular complexity index is 2100. The third-order valence-electron chi connectivity index (χ3n) is 10.6. The third-order valence-corrected chi connectivity index (χ3v) is 10.6. The molecule has 1 aliphatic heterocycles. The summed E-state index contributed by atoms with van der Waals surface area (Å²) in [5, 5.41) is 9.79. The van der Waals surface area contributed by atoms with Crippen molar-refractivity contribution in [2.24, 2.45) is 11.8 Å². The number of rotatable bonds is 8. The van der Waals surface area contributed by atoms with Crippen LogP contribution in [-0.2, 0) is 25.2 Å². The minimum atomic E-state index is -1.60. The molecule has 2 bridgehead atoms. The van der Waals surface area contributed by atoms with Gasteiger partial charge < -0.3 is 14.6 Å². The number of nitrogens with zero attached hydrogens (tertiary/aromatic N) is 1. The van der Waals surface area contributed by atoms with Gasteiger partial charge in [0.15, 0.2) is 5.78 Å². The lowest BCUT2D eigenvalue weighted by molar-refractivity contribution is -0.130. The van der Waals surface area contributed by atoms with Crippen molar-refractivity contribution >= 4 is 40.4 Å². The maximum atomic E-state index is 16.0. The van der Waals surface area contributed by atoms with Gasteiger partial charge >= 0.3 is 5.97 Å². The molecule has 0 radical (unpaired) electrons. The molecule has 0 spiro atoms. The molecule has 4 atom stereocenters. The zero-order chi connectivity index (χ0) is 34.8. The van der Waals surface area contributed by atoms with Crippen molar-refractivity contribution in [3.05, 3.63) is 161 Å². The number of amides is 2. The van der Waals surface area contributed by atoms with Gasteiger partial charge in [-0.15, -0.1) is 0 Å². The quantitative estimate of drug-likeness (QED) is 0.187. The number of fused-ring (bicyclic) bond motifs is 5. The van der Waals surface area contributed by atoms with E-state index >= 15 is 14.4 Å². The lowest BCUT2D eigenvalue weighted by Crippen LogP contribution is -2.45. The van der Waals surface area contributed by atoms with Crippen LogP contribution in [0.5, 0.6) is 11.5 Å². The zero-order valence-corrected chi connectivity index (χ0v) is 27.2. The number of aromatic carboxylic acids is 1. The van der Waals surface area contributed by atoms with Crippen molar-refractivity contribution in [1.82, 2.24) is 0 Å². The molecule has 1 N–H and O–H groups in total. The summed E-state index contributed by atoms with van der Waals surface area (Å²) < 4.78 is 11.0. The molecule has 2 fully saturated rings. The zero-order valence-electron chi connectivity index (χ0n) is 27.2. The number of carbonyl (C=O) groups excluding carboxylic acids is 3. The lowest BCUT2D eigenvalue weighted by atomic mass is 9.59. The van der Waals surface area contributed by atoms with E-state index in [2.05, 4.69) is 0 Å². The Labute approximate surface area is 288 Å². The average Bonchev–Trinajstić information content (AvgIpc) is 3.67. The van der Waals surface area contributed by atoms with Crippen LogP contribution >= 0.6 is 0 Å². The summed E-state index contributed by atoms with van der Waals surface area (Å²) in [6, 6.07) is 39.1. The molecule has 8 rings (SSSR count). The fourth-order valence-corrected chi connectivity index (χ4v) is 8.67. The van der Waals surface area contributed by atoms with Gasteiger partial charge in [0.05, 0.1) is 48.1 Å². The Morgan fingerprint density at radius 2 is 1.04 bits per heavy atom. The van der Waals surface area contributed by atoms with Gasteiger partial charge in [-0.2, -0.15) is 0 Å². The second-order valence-electron chi connectivity index (χ2n) is 12.7. The van der Waals surface area contributed by atoms with Crippen LogP contribution in [0.3, 0.4) is 0 Å². The molecule has 8 heteroatoms. The maximum absolute atomic E-state index is 16.0. The molecule has 1 saturated heterocycles. The number of benzene rings is 5. The van der Waals surface area contributed by atoms with Crippen LogP contribution in [0.4, 0.5) is 5.69 Å². The van der Waals surface area contributed by atoms with Gasteiger partial charge in [0.1, 0.15) is 11.5 Å². The van der Waals surface area contributed by atoms with Crippen LogP contribution in [0.2, 0.25) is 0 Å². The molecule has 246 valence electrons. The fourth-order valence-electron chi connectivity index (χ4n) is 8.67. The van der Waals surface area contributed by atoms with Crippen LogP contribution < -0.4 is 14.4 Å². The Balaban J connectivity index is 1.53. The van der Waals surface area contributed by atoms with Crippen molar-refractivity contribution in [3.63, 3.8) is 0 Å². The Morgan fingerprint density at radius 1 is 0.600 bits per heavy atom. The number of allylic oxidation sites excluding steroid dienone is 2. The molecule has 0 unspecified atom stereocenters. The van der Waals surface area contributed by atoms with E-state index in [-0.39, 0.29) is 17.0 Å². The highest BCUT2D eigenvalue weighted by molar-refractivity contribution is 6.39. The summed E-state index contributed by atoms with van der Waals surface area (Å²) >= 11 is 0. The summed E-state index contributed by atoms with van der Waals surface area (Å²) in [6.07, 6.45) is 0. The minimum Gasteiger partial charge on any atom is -0.497 e. The summed E-state index contributed by atoms with van der Waals surface area (Å²) in [6.45, 7) is 0. The summed E-state index contributed by atoms with van der Waals surface area (Å²) in [5.41, 5.74) is 0.741. The number of anilines is 1. The standard InChI is InChI=1S/C42H31NO7/c1-49-31-20-16-25(17-21-31)33-34(26-18-22-32(50-2)23-19-26)42(29-13-7-4-8-14-29)36-35(41(33,40(42)48)28-11-5-3-6-12-28)37(44)43(38(36)45)30-15-9-10-27(24-30)39(46)47/h3-24,35-36H,1-2H3,(H,46,47)/t35-,36-,41-,42-/m1/s1. The molecule has 5 aromatic rings. The smallest absolute Gasteiger partial charge is 0.335 e. The van der Waals surface area contributed by atoms with Crippen LogP contribution in [0.1, 0.15) is 32.6 Å². The number of methoxy groups -OCH3 is 2. The molecule has 1 saturated carbocycles. The molecule has 2 aliphatic carbocycles. The Hall–Kier alpha value is -6.28.